The van der Waals surface area contributed by atoms with E-state index in [9.17, 15) is 23.1 Å². The maximum Gasteiger partial charge on any atom is 0.430 e. The number of carbonyl (C=O) groups is 1. The Labute approximate surface area is 170 Å². The number of alkyl halides is 3. The topological polar surface area (TPSA) is 87.7 Å². The number of aliphatic hydroxyl groups is 1. The molecule has 0 heterocycles. The Balaban J connectivity index is 2.42. The van der Waals surface area contributed by atoms with Crippen molar-refractivity contribution < 1.29 is 23.1 Å². The average molecular weight is 426 g/mol. The predicted molar refractivity (Wildman–Crippen MR) is 106 cm³/mol. The van der Waals surface area contributed by atoms with Crippen molar-refractivity contribution in [2.24, 2.45) is 10.7 Å². The molecule has 0 fully saturated rings. The zero-order valence-electron chi connectivity index (χ0n) is 15.4. The monoisotopic (exact) mass is 425 g/mol. The number of benzene rings is 2. The van der Waals surface area contributed by atoms with Gasteiger partial charge in [-0.1, -0.05) is 35.9 Å². The van der Waals surface area contributed by atoms with E-state index in [1.807, 2.05) is 0 Å². The number of hydrogen-bond acceptors (Lipinski definition) is 4. The van der Waals surface area contributed by atoms with Crippen molar-refractivity contribution in [2.75, 3.05) is 6.54 Å². The molecule has 0 spiro atoms. The average Bonchev–Trinajstić information content (AvgIpc) is 2.66. The Hall–Kier alpha value is -2.84. The molecule has 0 radical (unpaired) electrons. The van der Waals surface area contributed by atoms with Crippen molar-refractivity contribution >= 4 is 28.9 Å². The zero-order chi connectivity index (χ0) is 21.6. The van der Waals surface area contributed by atoms with Gasteiger partial charge < -0.3 is 16.2 Å². The van der Waals surface area contributed by atoms with E-state index in [4.69, 9.17) is 17.3 Å². The highest BCUT2D eigenvalue weighted by atomic mass is 35.5. The van der Waals surface area contributed by atoms with Crippen LogP contribution >= 0.6 is 11.6 Å². The minimum atomic E-state index is -4.72. The minimum absolute atomic E-state index is 0.0659. The molecular weight excluding hydrogens is 407 g/mol. The third-order valence-electron chi connectivity index (χ3n) is 3.71. The second kappa shape index (κ2) is 9.58. The first-order valence-corrected chi connectivity index (χ1v) is 8.90. The molecule has 4 N–H and O–H groups in total. The number of para-hydroxylation sites is 1. The lowest BCUT2D eigenvalue weighted by atomic mass is 10.1. The number of aliphatic hydroxyl groups excluding tert-OH is 1. The van der Waals surface area contributed by atoms with E-state index in [1.54, 1.807) is 24.3 Å². The van der Waals surface area contributed by atoms with Gasteiger partial charge in [-0.15, -0.1) is 0 Å². The highest BCUT2D eigenvalue weighted by Crippen LogP contribution is 2.27. The molecule has 0 saturated heterocycles. The molecule has 0 bridgehead atoms. The molecule has 2 aromatic rings. The molecule has 154 valence electrons. The molecular formula is C20H19ClF3N3O2. The summed E-state index contributed by atoms with van der Waals surface area (Å²) in [6, 6.07) is 12.2. The van der Waals surface area contributed by atoms with Crippen molar-refractivity contribution in [3.8, 4) is 0 Å². The van der Waals surface area contributed by atoms with Crippen LogP contribution in [0.5, 0.6) is 0 Å². The quantitative estimate of drug-likeness (QED) is 0.612. The number of halogens is 4. The summed E-state index contributed by atoms with van der Waals surface area (Å²) in [5.74, 6) is -0.424. The van der Waals surface area contributed by atoms with E-state index in [2.05, 4.69) is 10.3 Å². The molecule has 1 atom stereocenters. The van der Waals surface area contributed by atoms with Gasteiger partial charge in [-0.25, -0.2) is 4.99 Å². The maximum atomic E-state index is 12.9. The van der Waals surface area contributed by atoms with E-state index in [0.29, 0.717) is 11.6 Å². The summed E-state index contributed by atoms with van der Waals surface area (Å²) in [5.41, 5.74) is 4.64. The Morgan fingerprint density at radius 3 is 2.34 bits per heavy atom. The van der Waals surface area contributed by atoms with Crippen molar-refractivity contribution in [3.05, 3.63) is 76.5 Å². The lowest BCUT2D eigenvalue weighted by Gasteiger charge is -2.10. The van der Waals surface area contributed by atoms with Gasteiger partial charge >= 0.3 is 6.18 Å². The molecule has 0 aliphatic rings. The predicted octanol–water partition coefficient (Wildman–Crippen LogP) is 3.98. The van der Waals surface area contributed by atoms with Gasteiger partial charge in [0, 0.05) is 17.7 Å². The number of aliphatic imine (C=N–C) groups is 1. The number of nitrogens with two attached hydrogens (primary N) is 1. The van der Waals surface area contributed by atoms with Crippen LogP contribution in [0.3, 0.4) is 0 Å². The fraction of sp³-hybridized carbons (Fsp3) is 0.200. The summed E-state index contributed by atoms with van der Waals surface area (Å²) >= 11 is 6.05. The second-order valence-electron chi connectivity index (χ2n) is 6.18. The second-order valence-corrected chi connectivity index (χ2v) is 6.59. The van der Waals surface area contributed by atoms with Gasteiger partial charge in [-0.05, 0) is 37.3 Å². The lowest BCUT2D eigenvalue weighted by Crippen LogP contribution is -2.30. The molecule has 0 saturated carbocycles. The van der Waals surface area contributed by atoms with Gasteiger partial charge in [0.15, 0.2) is 0 Å². The molecule has 0 aliphatic carbocycles. The maximum absolute atomic E-state index is 12.9. The Kier molecular flexibility index (Phi) is 7.41. The smallest absolute Gasteiger partial charge is 0.395 e. The minimum Gasteiger partial charge on any atom is -0.395 e. The standard InChI is InChI=1S/C20H19ClF3N3O2/c1-12(28)11-26-19(29)14-8-6-13(7-9-14)17(10-18(25)20(22,23)24)27-16-5-3-2-4-15(16)21/h2-10,12,28H,11,25H2,1H3,(H,26,29). The van der Waals surface area contributed by atoms with Gasteiger partial charge in [0.05, 0.1) is 22.5 Å². The van der Waals surface area contributed by atoms with Crippen LogP contribution in [0.25, 0.3) is 0 Å². The molecule has 0 aromatic heterocycles. The van der Waals surface area contributed by atoms with E-state index in [-0.39, 0.29) is 28.5 Å². The number of nitrogens with zero attached hydrogens (tertiary/aromatic N) is 1. The van der Waals surface area contributed by atoms with E-state index < -0.39 is 23.9 Å². The fourth-order valence-corrected chi connectivity index (χ4v) is 2.39. The van der Waals surface area contributed by atoms with Crippen LogP contribution in [0.4, 0.5) is 18.9 Å². The number of amides is 1. The van der Waals surface area contributed by atoms with Gasteiger partial charge in [-0.3, -0.25) is 4.79 Å². The molecule has 9 heteroatoms. The number of allylic oxidation sites excluding steroid dienone is 2. The van der Waals surface area contributed by atoms with Crippen molar-refractivity contribution in [1.82, 2.24) is 5.32 Å². The Morgan fingerprint density at radius 2 is 1.79 bits per heavy atom. The number of hydrogen-bond donors (Lipinski definition) is 3. The highest BCUT2D eigenvalue weighted by molar-refractivity contribution is 6.33. The van der Waals surface area contributed by atoms with Crippen LogP contribution in [-0.2, 0) is 0 Å². The van der Waals surface area contributed by atoms with Crippen molar-refractivity contribution in [3.63, 3.8) is 0 Å². The first-order chi connectivity index (χ1) is 13.6. The third-order valence-corrected chi connectivity index (χ3v) is 4.03. The molecule has 0 aliphatic heterocycles. The largest absolute Gasteiger partial charge is 0.430 e. The molecule has 1 unspecified atom stereocenters. The van der Waals surface area contributed by atoms with E-state index in [0.717, 1.165) is 0 Å². The van der Waals surface area contributed by atoms with Gasteiger partial charge in [0.2, 0.25) is 0 Å². The number of carbonyl (C=O) groups excluding carboxylic acids is 1. The number of rotatable bonds is 6. The van der Waals surface area contributed by atoms with Crippen LogP contribution in [0.15, 0.2) is 65.3 Å². The van der Waals surface area contributed by atoms with E-state index in [1.165, 1.54) is 31.2 Å². The summed E-state index contributed by atoms with van der Waals surface area (Å²) < 4.78 is 38.7. The van der Waals surface area contributed by atoms with Crippen LogP contribution in [0.1, 0.15) is 22.8 Å². The van der Waals surface area contributed by atoms with Crippen molar-refractivity contribution in [1.29, 1.82) is 0 Å². The SMILES string of the molecule is CC(O)CNC(=O)c1ccc(C(C=C(N)C(F)(F)F)=Nc2ccccc2Cl)cc1. The summed E-state index contributed by atoms with van der Waals surface area (Å²) in [5, 5.41) is 12.0. The first kappa shape index (κ1) is 22.4. The van der Waals surface area contributed by atoms with Crippen molar-refractivity contribution in [2.45, 2.75) is 19.2 Å². The van der Waals surface area contributed by atoms with Gasteiger partial charge in [0.1, 0.15) is 5.70 Å². The van der Waals surface area contributed by atoms with Gasteiger partial charge in [-0.2, -0.15) is 13.2 Å². The molecule has 2 rings (SSSR count). The Bertz CT molecular complexity index is 923. The summed E-state index contributed by atoms with van der Waals surface area (Å²) in [4.78, 5) is 16.2. The molecule has 2 aromatic carbocycles. The lowest BCUT2D eigenvalue weighted by molar-refractivity contribution is -0.0925. The molecule has 5 nitrogen and oxygen atoms in total. The third kappa shape index (κ3) is 6.62. The van der Waals surface area contributed by atoms with Gasteiger partial charge in [0.25, 0.3) is 5.91 Å². The molecule has 29 heavy (non-hydrogen) atoms. The van der Waals surface area contributed by atoms with Crippen LogP contribution in [0.2, 0.25) is 5.02 Å². The molecule has 1 amide bonds. The first-order valence-electron chi connectivity index (χ1n) is 8.52. The summed E-state index contributed by atoms with van der Waals surface area (Å²) in [6.07, 6.45) is -4.71. The fourth-order valence-electron chi connectivity index (χ4n) is 2.22. The summed E-state index contributed by atoms with van der Waals surface area (Å²) in [6.45, 7) is 1.60. The Morgan fingerprint density at radius 1 is 1.21 bits per heavy atom. The van der Waals surface area contributed by atoms with E-state index >= 15 is 0 Å². The van der Waals surface area contributed by atoms with Crippen LogP contribution < -0.4 is 11.1 Å². The summed E-state index contributed by atoms with van der Waals surface area (Å²) in [7, 11) is 0. The zero-order valence-corrected chi connectivity index (χ0v) is 16.1. The van der Waals surface area contributed by atoms with Crippen LogP contribution in [0, 0.1) is 0 Å². The number of nitrogens with one attached hydrogen (secondary N) is 1. The highest BCUT2D eigenvalue weighted by Gasteiger charge is 2.31. The van der Waals surface area contributed by atoms with Crippen LogP contribution in [-0.4, -0.2) is 35.6 Å². The normalized spacial score (nSPS) is 13.9.